The van der Waals surface area contributed by atoms with Crippen LogP contribution in [0.2, 0.25) is 0 Å². The van der Waals surface area contributed by atoms with E-state index in [0.717, 1.165) is 48.6 Å². The Bertz CT molecular complexity index is 847. The van der Waals surface area contributed by atoms with Gasteiger partial charge in [-0.25, -0.2) is 8.42 Å². The summed E-state index contributed by atoms with van der Waals surface area (Å²) in [4.78, 5) is 0.392. The molecule has 1 aliphatic heterocycles. The molecule has 0 amide bonds. The first-order chi connectivity index (χ1) is 12.5. The Balaban J connectivity index is 1.94. The number of hydrogen-bond donors (Lipinski definition) is 0. The van der Waals surface area contributed by atoms with Gasteiger partial charge in [-0.05, 0) is 37.3 Å². The summed E-state index contributed by atoms with van der Waals surface area (Å²) in [7, 11) is -3.49. The summed E-state index contributed by atoms with van der Waals surface area (Å²) in [6.45, 7) is 6.15. The predicted molar refractivity (Wildman–Crippen MR) is 106 cm³/mol. The molecule has 2 aromatic rings. The summed E-state index contributed by atoms with van der Waals surface area (Å²) in [5.41, 5.74) is 0. The van der Waals surface area contributed by atoms with Crippen molar-refractivity contribution in [2.24, 2.45) is 5.92 Å². The van der Waals surface area contributed by atoms with E-state index in [-0.39, 0.29) is 0 Å². The predicted octanol–water partition coefficient (Wildman–Crippen LogP) is 4.83. The number of hydrogen-bond acceptors (Lipinski definition) is 3. The monoisotopic (exact) mass is 375 g/mol. The lowest BCUT2D eigenvalue weighted by Gasteiger charge is -2.30. The minimum atomic E-state index is -3.49. The van der Waals surface area contributed by atoms with E-state index in [4.69, 9.17) is 4.74 Å². The van der Waals surface area contributed by atoms with Crippen LogP contribution in [0.3, 0.4) is 0 Å². The van der Waals surface area contributed by atoms with Crippen LogP contribution in [-0.4, -0.2) is 32.4 Å². The molecule has 0 unspecified atom stereocenters. The van der Waals surface area contributed by atoms with Crippen molar-refractivity contribution in [3.8, 4) is 5.75 Å². The molecule has 1 saturated heterocycles. The lowest BCUT2D eigenvalue weighted by Crippen LogP contribution is -2.39. The molecule has 142 valence electrons. The molecular formula is C21H29NO3S. The van der Waals surface area contributed by atoms with Crippen molar-refractivity contribution < 1.29 is 13.2 Å². The van der Waals surface area contributed by atoms with Gasteiger partial charge in [0, 0.05) is 23.9 Å². The highest BCUT2D eigenvalue weighted by molar-refractivity contribution is 7.89. The highest BCUT2D eigenvalue weighted by Gasteiger charge is 2.30. The smallest absolute Gasteiger partial charge is 0.243 e. The maximum atomic E-state index is 13.2. The zero-order valence-corrected chi connectivity index (χ0v) is 16.6. The molecule has 1 aliphatic rings. The molecule has 0 radical (unpaired) electrons. The largest absolute Gasteiger partial charge is 0.493 e. The van der Waals surface area contributed by atoms with Crippen LogP contribution in [0.25, 0.3) is 10.8 Å². The van der Waals surface area contributed by atoms with E-state index in [9.17, 15) is 8.42 Å². The molecule has 0 spiro atoms. The molecule has 0 aliphatic carbocycles. The summed E-state index contributed by atoms with van der Waals surface area (Å²) in [6, 6.07) is 11.2. The lowest BCUT2D eigenvalue weighted by atomic mass is 10.0. The molecule has 0 saturated carbocycles. The number of piperidine rings is 1. The van der Waals surface area contributed by atoms with Crippen molar-refractivity contribution in [3.05, 3.63) is 36.4 Å². The average molecular weight is 376 g/mol. The average Bonchev–Trinajstić information content (AvgIpc) is 2.65. The Morgan fingerprint density at radius 2 is 1.88 bits per heavy atom. The summed E-state index contributed by atoms with van der Waals surface area (Å²) in [5, 5.41) is 1.62. The first-order valence-electron chi connectivity index (χ1n) is 9.68. The van der Waals surface area contributed by atoms with E-state index in [1.165, 1.54) is 0 Å². The molecule has 5 heteroatoms. The molecule has 1 heterocycles. The number of unbranched alkanes of at least 4 members (excludes halogenated alkanes) is 2. The number of ether oxygens (including phenoxy) is 1. The standard InChI is InChI=1S/C21H29NO3S/c1-3-4-7-15-25-20-12-13-21(19-11-6-5-10-18(19)20)26(23,24)22-14-8-9-17(2)16-22/h5-6,10-13,17H,3-4,7-9,14-16H2,1-2H3/t17-/m0/s1. The van der Waals surface area contributed by atoms with Crippen molar-refractivity contribution >= 4 is 20.8 Å². The third kappa shape index (κ3) is 4.04. The molecular weight excluding hydrogens is 346 g/mol. The van der Waals surface area contributed by atoms with E-state index >= 15 is 0 Å². The van der Waals surface area contributed by atoms with E-state index in [1.807, 2.05) is 30.3 Å². The molecule has 0 N–H and O–H groups in total. The molecule has 1 fully saturated rings. The van der Waals surface area contributed by atoms with Crippen molar-refractivity contribution in [1.29, 1.82) is 0 Å². The second-order valence-electron chi connectivity index (χ2n) is 7.27. The molecule has 4 nitrogen and oxygen atoms in total. The van der Waals surface area contributed by atoms with E-state index in [0.29, 0.717) is 30.5 Å². The van der Waals surface area contributed by atoms with Crippen LogP contribution in [0.15, 0.2) is 41.3 Å². The number of rotatable bonds is 7. The molecule has 1 atom stereocenters. The molecule has 0 bridgehead atoms. The van der Waals surface area contributed by atoms with Gasteiger partial charge in [0.1, 0.15) is 5.75 Å². The SMILES string of the molecule is CCCCCOc1ccc(S(=O)(=O)N2CCC[C@H](C)C2)c2ccccc12. The van der Waals surface area contributed by atoms with Gasteiger partial charge in [0.15, 0.2) is 0 Å². The third-order valence-corrected chi connectivity index (χ3v) is 7.01. The van der Waals surface area contributed by atoms with Gasteiger partial charge in [-0.2, -0.15) is 4.31 Å². The number of nitrogens with zero attached hydrogens (tertiary/aromatic N) is 1. The van der Waals surface area contributed by atoms with Crippen LogP contribution in [0.5, 0.6) is 5.75 Å². The summed E-state index contributed by atoms with van der Waals surface area (Å²) in [6.07, 6.45) is 5.32. The highest BCUT2D eigenvalue weighted by atomic mass is 32.2. The second kappa shape index (κ2) is 8.40. The van der Waals surface area contributed by atoms with Gasteiger partial charge in [-0.3, -0.25) is 0 Å². The minimum absolute atomic E-state index is 0.392. The van der Waals surface area contributed by atoms with E-state index in [2.05, 4.69) is 13.8 Å². The van der Waals surface area contributed by atoms with Crippen LogP contribution in [-0.2, 0) is 10.0 Å². The Morgan fingerprint density at radius 3 is 2.62 bits per heavy atom. The maximum Gasteiger partial charge on any atom is 0.243 e. The minimum Gasteiger partial charge on any atom is -0.493 e. The zero-order chi connectivity index (χ0) is 18.6. The third-order valence-electron chi connectivity index (χ3n) is 5.09. The van der Waals surface area contributed by atoms with Crippen molar-refractivity contribution in [1.82, 2.24) is 4.31 Å². The summed E-state index contributed by atoms with van der Waals surface area (Å²) < 4.78 is 34.1. The van der Waals surface area contributed by atoms with Gasteiger partial charge in [0.05, 0.1) is 11.5 Å². The normalized spacial score (nSPS) is 18.9. The fourth-order valence-corrected chi connectivity index (χ4v) is 5.43. The molecule has 3 rings (SSSR count). The van der Waals surface area contributed by atoms with Crippen molar-refractivity contribution in [3.63, 3.8) is 0 Å². The Labute approximate surface area is 157 Å². The first-order valence-corrected chi connectivity index (χ1v) is 11.1. The quantitative estimate of drug-likeness (QED) is 0.651. The van der Waals surface area contributed by atoms with Crippen LogP contribution in [0, 0.1) is 5.92 Å². The highest BCUT2D eigenvalue weighted by Crippen LogP contribution is 2.34. The van der Waals surface area contributed by atoms with Crippen molar-refractivity contribution in [2.75, 3.05) is 19.7 Å². The van der Waals surface area contributed by atoms with Gasteiger partial charge < -0.3 is 4.74 Å². The van der Waals surface area contributed by atoms with Crippen LogP contribution < -0.4 is 4.74 Å². The fraction of sp³-hybridized carbons (Fsp3) is 0.524. The molecule has 26 heavy (non-hydrogen) atoms. The Hall–Kier alpha value is -1.59. The van der Waals surface area contributed by atoms with E-state index < -0.39 is 10.0 Å². The van der Waals surface area contributed by atoms with E-state index in [1.54, 1.807) is 10.4 Å². The van der Waals surface area contributed by atoms with Crippen LogP contribution in [0.1, 0.15) is 46.0 Å². The van der Waals surface area contributed by atoms with Gasteiger partial charge >= 0.3 is 0 Å². The van der Waals surface area contributed by atoms with Gasteiger partial charge in [-0.1, -0.05) is 51.0 Å². The van der Waals surface area contributed by atoms with Gasteiger partial charge in [-0.15, -0.1) is 0 Å². The number of benzene rings is 2. The number of fused-ring (bicyclic) bond motifs is 1. The second-order valence-corrected chi connectivity index (χ2v) is 9.18. The van der Waals surface area contributed by atoms with Crippen LogP contribution >= 0.6 is 0 Å². The first kappa shape index (κ1) is 19.2. The number of sulfonamides is 1. The Morgan fingerprint density at radius 1 is 1.12 bits per heavy atom. The maximum absolute atomic E-state index is 13.2. The van der Waals surface area contributed by atoms with Crippen LogP contribution in [0.4, 0.5) is 0 Å². The molecule has 0 aromatic heterocycles. The lowest BCUT2D eigenvalue weighted by molar-refractivity contribution is 0.281. The summed E-state index contributed by atoms with van der Waals surface area (Å²) >= 11 is 0. The van der Waals surface area contributed by atoms with Gasteiger partial charge in [0.25, 0.3) is 0 Å². The zero-order valence-electron chi connectivity index (χ0n) is 15.8. The molecule has 2 aromatic carbocycles. The van der Waals surface area contributed by atoms with Crippen molar-refractivity contribution in [2.45, 2.75) is 50.8 Å². The Kier molecular flexibility index (Phi) is 6.20. The topological polar surface area (TPSA) is 46.6 Å². The summed E-state index contributed by atoms with van der Waals surface area (Å²) in [5.74, 6) is 1.17. The fourth-order valence-electron chi connectivity index (χ4n) is 3.63. The van der Waals surface area contributed by atoms with Gasteiger partial charge in [0.2, 0.25) is 10.0 Å².